The highest BCUT2D eigenvalue weighted by atomic mass is 32.2. The first-order valence-corrected chi connectivity index (χ1v) is 6.42. The fraction of sp³-hybridized carbons (Fsp3) is 0.889. The van der Waals surface area contributed by atoms with E-state index in [2.05, 4.69) is 0 Å². The van der Waals surface area contributed by atoms with Crippen LogP contribution in [0.25, 0.3) is 0 Å². The molecular weight excluding hydrogens is 232 g/mol. The second kappa shape index (κ2) is 5.60. The maximum Gasteiger partial charge on any atom is 0.307 e. The van der Waals surface area contributed by atoms with Crippen molar-refractivity contribution in [3.8, 4) is 0 Å². The van der Waals surface area contributed by atoms with Crippen molar-refractivity contribution in [1.29, 1.82) is 0 Å². The summed E-state index contributed by atoms with van der Waals surface area (Å²) in [4.78, 5) is 10.6. The average Bonchev–Trinajstić information content (AvgIpc) is 2.15. The zero-order valence-corrected chi connectivity index (χ0v) is 11.2. The molecule has 0 amide bonds. The molecule has 6 nitrogen and oxygen atoms in total. The van der Waals surface area contributed by atoms with Crippen LogP contribution in [0.3, 0.4) is 0 Å². The lowest BCUT2D eigenvalue weighted by molar-refractivity contribution is -0.141. The average molecular weight is 252 g/mol. The van der Waals surface area contributed by atoms with E-state index in [0.29, 0.717) is 0 Å². The molecule has 0 aliphatic heterocycles. The van der Waals surface area contributed by atoms with E-state index >= 15 is 0 Å². The molecule has 0 radical (unpaired) electrons. The fourth-order valence-corrected chi connectivity index (χ4v) is 2.43. The van der Waals surface area contributed by atoms with Gasteiger partial charge in [-0.3, -0.25) is 4.79 Å². The minimum Gasteiger partial charge on any atom is -0.481 e. The molecule has 0 fully saturated rings. The summed E-state index contributed by atoms with van der Waals surface area (Å²) in [6, 6.07) is -0.160. The van der Waals surface area contributed by atoms with Crippen LogP contribution in [0.4, 0.5) is 0 Å². The van der Waals surface area contributed by atoms with E-state index in [1.807, 2.05) is 0 Å². The Morgan fingerprint density at radius 1 is 1.25 bits per heavy atom. The fourth-order valence-electron chi connectivity index (χ4n) is 1.04. The smallest absolute Gasteiger partial charge is 0.307 e. The van der Waals surface area contributed by atoms with Crippen molar-refractivity contribution in [3.63, 3.8) is 0 Å². The molecule has 0 rings (SSSR count). The van der Waals surface area contributed by atoms with Crippen LogP contribution in [0.5, 0.6) is 0 Å². The minimum atomic E-state index is -3.56. The predicted octanol–water partition coefficient (Wildman–Crippen LogP) is 0.224. The Bertz CT molecular complexity index is 339. The Kier molecular flexibility index (Phi) is 5.37. The summed E-state index contributed by atoms with van der Waals surface area (Å²) in [5.41, 5.74) is 0. The molecule has 1 N–H and O–H groups in total. The monoisotopic (exact) mass is 252 g/mol. The molecule has 0 aliphatic rings. The Hall–Kier alpha value is -0.660. The predicted molar refractivity (Wildman–Crippen MR) is 61.2 cm³/mol. The molecule has 7 heteroatoms. The third-order valence-corrected chi connectivity index (χ3v) is 4.52. The topological polar surface area (TPSA) is 77.9 Å². The summed E-state index contributed by atoms with van der Waals surface area (Å²) in [6.07, 6.45) is 0. The summed E-state index contributed by atoms with van der Waals surface area (Å²) in [6.45, 7) is 4.95. The zero-order valence-electron chi connectivity index (χ0n) is 10.3. The van der Waals surface area contributed by atoms with Gasteiger partial charge in [0.15, 0.2) is 0 Å². The van der Waals surface area contributed by atoms with Gasteiger partial charge in [-0.15, -0.1) is 0 Å². The molecule has 1 atom stereocenters. The van der Waals surface area contributed by atoms with Crippen molar-refractivity contribution in [2.45, 2.75) is 26.8 Å². The van der Waals surface area contributed by atoms with E-state index in [-0.39, 0.29) is 12.6 Å². The van der Waals surface area contributed by atoms with Crippen molar-refractivity contribution in [3.05, 3.63) is 0 Å². The molecular formula is C9H20N2O4S. The number of carboxylic acids is 1. The van der Waals surface area contributed by atoms with Crippen LogP contribution in [-0.2, 0) is 15.0 Å². The Balaban J connectivity index is 4.72. The van der Waals surface area contributed by atoms with E-state index in [0.717, 1.165) is 4.31 Å². The quantitative estimate of drug-likeness (QED) is 0.733. The lowest BCUT2D eigenvalue weighted by Crippen LogP contribution is -2.45. The van der Waals surface area contributed by atoms with Crippen LogP contribution >= 0.6 is 0 Å². The lowest BCUT2D eigenvalue weighted by Gasteiger charge is -2.27. The van der Waals surface area contributed by atoms with Gasteiger partial charge in [0, 0.05) is 26.7 Å². The molecule has 0 aliphatic carbocycles. The SMILES string of the molecule is CC(CN(C)S(=O)(=O)N(C)C(C)C)C(=O)O. The van der Waals surface area contributed by atoms with Gasteiger partial charge in [-0.1, -0.05) is 6.92 Å². The van der Waals surface area contributed by atoms with E-state index in [4.69, 9.17) is 5.11 Å². The van der Waals surface area contributed by atoms with Crippen LogP contribution in [0.2, 0.25) is 0 Å². The van der Waals surface area contributed by atoms with Crippen molar-refractivity contribution >= 4 is 16.2 Å². The van der Waals surface area contributed by atoms with E-state index in [1.54, 1.807) is 13.8 Å². The van der Waals surface area contributed by atoms with Gasteiger partial charge in [-0.05, 0) is 13.8 Å². The highest BCUT2D eigenvalue weighted by molar-refractivity contribution is 7.86. The second-order valence-electron chi connectivity index (χ2n) is 4.14. The minimum absolute atomic E-state index is 0.0330. The number of carbonyl (C=O) groups is 1. The van der Waals surface area contributed by atoms with Crippen LogP contribution < -0.4 is 0 Å². The number of carboxylic acid groups (broad SMARTS) is 1. The van der Waals surface area contributed by atoms with E-state index in [1.165, 1.54) is 25.3 Å². The third kappa shape index (κ3) is 3.73. The van der Waals surface area contributed by atoms with Gasteiger partial charge in [0.25, 0.3) is 10.2 Å². The number of nitrogens with zero attached hydrogens (tertiary/aromatic N) is 2. The largest absolute Gasteiger partial charge is 0.481 e. The van der Waals surface area contributed by atoms with Gasteiger partial charge in [0.1, 0.15) is 0 Å². The van der Waals surface area contributed by atoms with Crippen molar-refractivity contribution in [2.75, 3.05) is 20.6 Å². The first-order valence-electron chi connectivity index (χ1n) is 5.02. The molecule has 0 bridgehead atoms. The molecule has 0 aromatic heterocycles. The van der Waals surface area contributed by atoms with Gasteiger partial charge < -0.3 is 5.11 Å². The summed E-state index contributed by atoms with van der Waals surface area (Å²) < 4.78 is 26.0. The molecule has 0 aromatic carbocycles. The molecule has 0 heterocycles. The standard InChI is InChI=1S/C9H20N2O4S/c1-7(2)11(5)16(14,15)10(4)6-8(3)9(12)13/h7-8H,6H2,1-5H3,(H,12,13). The van der Waals surface area contributed by atoms with Gasteiger partial charge >= 0.3 is 5.97 Å². The molecule has 0 spiro atoms. The maximum atomic E-state index is 11.9. The first-order chi connectivity index (χ1) is 7.10. The number of aliphatic carboxylic acids is 1. The highest BCUT2D eigenvalue weighted by Gasteiger charge is 2.28. The van der Waals surface area contributed by atoms with Crippen LogP contribution in [0, 0.1) is 5.92 Å². The first kappa shape index (κ1) is 15.3. The van der Waals surface area contributed by atoms with Crippen molar-refractivity contribution < 1.29 is 18.3 Å². The van der Waals surface area contributed by atoms with Gasteiger partial charge in [-0.25, -0.2) is 0 Å². The molecule has 96 valence electrons. The Morgan fingerprint density at radius 2 is 1.69 bits per heavy atom. The van der Waals surface area contributed by atoms with Crippen LogP contribution in [0.1, 0.15) is 20.8 Å². The molecule has 0 aromatic rings. The summed E-state index contributed by atoms with van der Waals surface area (Å²) in [5, 5.41) is 8.71. The van der Waals surface area contributed by atoms with Gasteiger partial charge in [-0.2, -0.15) is 17.0 Å². The summed E-state index contributed by atoms with van der Waals surface area (Å²) >= 11 is 0. The lowest BCUT2D eigenvalue weighted by atomic mass is 10.2. The van der Waals surface area contributed by atoms with E-state index < -0.39 is 22.1 Å². The molecule has 16 heavy (non-hydrogen) atoms. The van der Waals surface area contributed by atoms with Crippen LogP contribution in [0.15, 0.2) is 0 Å². The second-order valence-corrected chi connectivity index (χ2v) is 6.23. The highest BCUT2D eigenvalue weighted by Crippen LogP contribution is 2.10. The Labute approximate surface area is 97.0 Å². The number of rotatable bonds is 6. The van der Waals surface area contributed by atoms with Gasteiger partial charge in [0.05, 0.1) is 5.92 Å². The normalized spacial score (nSPS) is 14.8. The number of hydrogen-bond acceptors (Lipinski definition) is 3. The van der Waals surface area contributed by atoms with Crippen molar-refractivity contribution in [1.82, 2.24) is 8.61 Å². The third-order valence-electron chi connectivity index (χ3n) is 2.44. The van der Waals surface area contributed by atoms with Crippen LogP contribution in [-0.4, -0.2) is 54.8 Å². The zero-order chi connectivity index (χ0) is 13.1. The summed E-state index contributed by atoms with van der Waals surface area (Å²) in [5.74, 6) is -1.73. The van der Waals surface area contributed by atoms with Gasteiger partial charge in [0.2, 0.25) is 0 Å². The maximum absolute atomic E-state index is 11.9. The molecule has 0 saturated carbocycles. The van der Waals surface area contributed by atoms with Crippen molar-refractivity contribution in [2.24, 2.45) is 5.92 Å². The number of hydrogen-bond donors (Lipinski definition) is 1. The van der Waals surface area contributed by atoms with E-state index in [9.17, 15) is 13.2 Å². The summed E-state index contributed by atoms with van der Waals surface area (Å²) in [7, 11) is -0.707. The Morgan fingerprint density at radius 3 is 2.00 bits per heavy atom. The molecule has 1 unspecified atom stereocenters. The molecule has 0 saturated heterocycles.